The van der Waals surface area contributed by atoms with Crippen LogP contribution in [0.25, 0.3) is 6.08 Å². The third-order valence-electron chi connectivity index (χ3n) is 6.45. The molecule has 44 heavy (non-hydrogen) atoms. The van der Waals surface area contributed by atoms with E-state index in [1.54, 1.807) is 61.7 Å². The van der Waals surface area contributed by atoms with E-state index < -0.39 is 11.2 Å². The first-order chi connectivity index (χ1) is 21.5. The second-order valence-electron chi connectivity index (χ2n) is 9.51. The zero-order valence-electron chi connectivity index (χ0n) is 23.7. The Labute approximate surface area is 264 Å². The van der Waals surface area contributed by atoms with E-state index in [9.17, 15) is 14.4 Å². The van der Waals surface area contributed by atoms with E-state index >= 15 is 0 Å². The highest BCUT2D eigenvalue weighted by atomic mass is 32.2. The highest BCUT2D eigenvalue weighted by molar-refractivity contribution is 8.00. The molecule has 0 fully saturated rings. The first kappa shape index (κ1) is 30.3. The quantitative estimate of drug-likeness (QED) is 0.104. The lowest BCUT2D eigenvalue weighted by Crippen LogP contribution is -2.30. The molecule has 1 unspecified atom stereocenters. The Bertz CT molecular complexity index is 1740. The normalized spacial score (nSPS) is 11.7. The van der Waals surface area contributed by atoms with Gasteiger partial charge in [-0.3, -0.25) is 14.4 Å². The molecular weight excluding hydrogens is 591 g/mol. The average Bonchev–Trinajstić information content (AvgIpc) is 3.58. The van der Waals surface area contributed by atoms with Gasteiger partial charge in [0.1, 0.15) is 16.7 Å². The van der Waals surface area contributed by atoms with Crippen molar-refractivity contribution in [1.29, 1.82) is 0 Å². The lowest BCUT2D eigenvalue weighted by Gasteiger charge is -2.18. The molecule has 0 aliphatic heterocycles. The van der Waals surface area contributed by atoms with Crippen LogP contribution in [-0.4, -0.2) is 24.8 Å². The summed E-state index contributed by atoms with van der Waals surface area (Å²) in [5.74, 6) is -0.461. The summed E-state index contributed by atoms with van der Waals surface area (Å²) in [6, 6.07) is 34.6. The van der Waals surface area contributed by atoms with Crippen LogP contribution in [0.15, 0.2) is 137 Å². The number of nitrogens with one attached hydrogen (secondary N) is 3. The lowest BCUT2D eigenvalue weighted by molar-refractivity contribution is -0.116. The molecule has 9 heteroatoms. The largest absolute Gasteiger partial charge is 0.495 e. The van der Waals surface area contributed by atoms with E-state index in [1.165, 1.54) is 23.1 Å². The maximum Gasteiger partial charge on any atom is 0.272 e. The number of rotatable bonds is 11. The molecular formula is C35H29N3O4S2. The van der Waals surface area contributed by atoms with Crippen LogP contribution in [0.4, 0.5) is 11.4 Å². The van der Waals surface area contributed by atoms with Gasteiger partial charge in [-0.2, -0.15) is 11.3 Å². The van der Waals surface area contributed by atoms with Crippen molar-refractivity contribution in [2.24, 2.45) is 0 Å². The van der Waals surface area contributed by atoms with E-state index in [0.29, 0.717) is 22.7 Å². The molecule has 5 aromatic rings. The number of hydrogen-bond acceptors (Lipinski definition) is 6. The molecule has 0 spiro atoms. The van der Waals surface area contributed by atoms with Crippen molar-refractivity contribution in [2.45, 2.75) is 10.1 Å². The monoisotopic (exact) mass is 619 g/mol. The summed E-state index contributed by atoms with van der Waals surface area (Å²) >= 11 is 2.89. The lowest BCUT2D eigenvalue weighted by atomic mass is 10.1. The summed E-state index contributed by atoms with van der Waals surface area (Å²) in [6.45, 7) is 0. The topological polar surface area (TPSA) is 96.5 Å². The molecule has 3 amide bonds. The van der Waals surface area contributed by atoms with Crippen molar-refractivity contribution >= 4 is 58.3 Å². The summed E-state index contributed by atoms with van der Waals surface area (Å²) in [7, 11) is 1.56. The molecule has 7 nitrogen and oxygen atoms in total. The predicted octanol–water partition coefficient (Wildman–Crippen LogP) is 7.64. The van der Waals surface area contributed by atoms with Crippen molar-refractivity contribution < 1.29 is 19.1 Å². The summed E-state index contributed by atoms with van der Waals surface area (Å²) in [6.07, 6.45) is 1.64. The Hall–Kier alpha value is -5.12. The minimum absolute atomic E-state index is 0.118. The number of carbonyl (C=O) groups excluding carboxylic acids is 3. The van der Waals surface area contributed by atoms with Gasteiger partial charge in [0.15, 0.2) is 0 Å². The molecule has 0 bridgehead atoms. The van der Waals surface area contributed by atoms with E-state index in [1.807, 2.05) is 77.5 Å². The SMILES string of the molecule is COc1ccccc1NC(=O)C(Sc1ccc(NC(=O)/C(=C/c2ccsc2)NC(=O)c2ccccc2)cc1)c1ccccc1. The number of para-hydroxylation sites is 2. The molecule has 220 valence electrons. The minimum Gasteiger partial charge on any atom is -0.495 e. The Balaban J connectivity index is 1.31. The van der Waals surface area contributed by atoms with Gasteiger partial charge >= 0.3 is 0 Å². The Morgan fingerprint density at radius 1 is 0.795 bits per heavy atom. The van der Waals surface area contributed by atoms with E-state index in [0.717, 1.165) is 16.0 Å². The molecule has 0 aliphatic carbocycles. The van der Waals surface area contributed by atoms with Crippen molar-refractivity contribution in [1.82, 2.24) is 5.32 Å². The molecule has 1 heterocycles. The van der Waals surface area contributed by atoms with Gasteiger partial charge in [-0.25, -0.2) is 0 Å². The van der Waals surface area contributed by atoms with Gasteiger partial charge in [-0.15, -0.1) is 11.8 Å². The van der Waals surface area contributed by atoms with Crippen LogP contribution in [-0.2, 0) is 9.59 Å². The van der Waals surface area contributed by atoms with Crippen molar-refractivity contribution in [3.63, 3.8) is 0 Å². The third kappa shape index (κ3) is 8.03. The van der Waals surface area contributed by atoms with E-state index in [2.05, 4.69) is 16.0 Å². The number of thiophene rings is 1. The van der Waals surface area contributed by atoms with Gasteiger partial charge in [0.2, 0.25) is 5.91 Å². The summed E-state index contributed by atoms with van der Waals surface area (Å²) in [5.41, 5.74) is 3.34. The Kier molecular flexibility index (Phi) is 10.2. The van der Waals surface area contributed by atoms with Gasteiger partial charge < -0.3 is 20.7 Å². The fraction of sp³-hybridized carbons (Fsp3) is 0.0571. The van der Waals surface area contributed by atoms with Crippen molar-refractivity contribution in [3.8, 4) is 5.75 Å². The standard InChI is InChI=1S/C35H29N3O4S2/c1-42-31-15-9-8-14-29(31)37-35(41)32(25-10-4-2-5-11-25)44-28-18-16-27(17-19-28)36-34(40)30(22-24-20-21-43-23-24)38-33(39)26-12-6-3-7-13-26/h2-23,32H,1H3,(H,36,40)(H,37,41)(H,38,39)/b30-22-. The summed E-state index contributed by atoms with van der Waals surface area (Å²) < 4.78 is 5.40. The molecule has 4 aromatic carbocycles. The molecule has 5 rings (SSSR count). The number of thioether (sulfide) groups is 1. The molecule has 3 N–H and O–H groups in total. The maximum absolute atomic E-state index is 13.5. The fourth-order valence-electron chi connectivity index (χ4n) is 4.26. The van der Waals surface area contributed by atoms with Crippen molar-refractivity contribution in [2.75, 3.05) is 17.7 Å². The molecule has 0 saturated heterocycles. The first-order valence-corrected chi connectivity index (χ1v) is 15.5. The molecule has 1 aromatic heterocycles. The first-order valence-electron chi connectivity index (χ1n) is 13.7. The van der Waals surface area contributed by atoms with Gasteiger partial charge in [-0.05, 0) is 82.6 Å². The zero-order chi connectivity index (χ0) is 30.7. The fourth-order valence-corrected chi connectivity index (χ4v) is 5.91. The third-order valence-corrected chi connectivity index (χ3v) is 8.42. The number of amides is 3. The van der Waals surface area contributed by atoms with Gasteiger partial charge in [0.25, 0.3) is 11.8 Å². The second kappa shape index (κ2) is 14.9. The number of ether oxygens (including phenoxy) is 1. The maximum atomic E-state index is 13.5. The van der Waals surface area contributed by atoms with Gasteiger partial charge in [0.05, 0.1) is 12.8 Å². The van der Waals surface area contributed by atoms with Gasteiger partial charge in [-0.1, -0.05) is 60.7 Å². The molecule has 1 atom stereocenters. The Morgan fingerprint density at radius 3 is 2.16 bits per heavy atom. The summed E-state index contributed by atoms with van der Waals surface area (Å²) in [4.78, 5) is 40.5. The van der Waals surface area contributed by atoms with Crippen LogP contribution in [0, 0.1) is 0 Å². The van der Waals surface area contributed by atoms with Crippen LogP contribution >= 0.6 is 23.1 Å². The summed E-state index contributed by atoms with van der Waals surface area (Å²) in [5, 5.41) is 11.9. The number of carbonyl (C=O) groups is 3. The van der Waals surface area contributed by atoms with Crippen LogP contribution in [0.3, 0.4) is 0 Å². The van der Waals surface area contributed by atoms with E-state index in [-0.39, 0.29) is 17.5 Å². The van der Waals surface area contributed by atoms with Crippen molar-refractivity contribution in [3.05, 3.63) is 148 Å². The van der Waals surface area contributed by atoms with Crippen LogP contribution in [0.2, 0.25) is 0 Å². The minimum atomic E-state index is -0.546. The van der Waals surface area contributed by atoms with E-state index in [4.69, 9.17) is 4.74 Å². The molecule has 0 radical (unpaired) electrons. The highest BCUT2D eigenvalue weighted by Crippen LogP contribution is 2.37. The number of anilines is 2. The molecule has 0 aliphatic rings. The zero-order valence-corrected chi connectivity index (χ0v) is 25.4. The smallest absolute Gasteiger partial charge is 0.272 e. The number of benzene rings is 4. The van der Waals surface area contributed by atoms with Gasteiger partial charge in [0, 0.05) is 16.1 Å². The van der Waals surface area contributed by atoms with Crippen LogP contribution in [0.1, 0.15) is 26.7 Å². The van der Waals surface area contributed by atoms with Crippen LogP contribution in [0.5, 0.6) is 5.75 Å². The Morgan fingerprint density at radius 2 is 1.48 bits per heavy atom. The molecule has 0 saturated carbocycles. The predicted molar refractivity (Wildman–Crippen MR) is 178 cm³/mol. The number of methoxy groups -OCH3 is 1. The number of hydrogen-bond donors (Lipinski definition) is 3. The highest BCUT2D eigenvalue weighted by Gasteiger charge is 2.23. The average molecular weight is 620 g/mol. The van der Waals surface area contributed by atoms with Crippen LogP contribution < -0.4 is 20.7 Å². The second-order valence-corrected chi connectivity index (χ2v) is 11.5.